The summed E-state index contributed by atoms with van der Waals surface area (Å²) in [6.45, 7) is 2.74. The number of rotatable bonds is 6. The molecule has 1 aromatic heterocycles. The van der Waals surface area contributed by atoms with Crippen LogP contribution < -0.4 is 20.1 Å². The third-order valence-corrected chi connectivity index (χ3v) is 3.42. The molecular formula is C14H17BrN4O2. The van der Waals surface area contributed by atoms with Crippen molar-refractivity contribution in [2.24, 2.45) is 0 Å². The van der Waals surface area contributed by atoms with Gasteiger partial charge in [0.05, 0.1) is 18.7 Å². The Morgan fingerprint density at radius 1 is 1.14 bits per heavy atom. The van der Waals surface area contributed by atoms with E-state index < -0.39 is 0 Å². The summed E-state index contributed by atoms with van der Waals surface area (Å²) in [4.78, 5) is 8.40. The van der Waals surface area contributed by atoms with Gasteiger partial charge in [0.25, 0.3) is 0 Å². The Labute approximate surface area is 132 Å². The maximum absolute atomic E-state index is 5.39. The number of aromatic nitrogens is 2. The summed E-state index contributed by atoms with van der Waals surface area (Å²) in [5, 5.41) is 6.34. The van der Waals surface area contributed by atoms with Crippen LogP contribution in [-0.2, 0) is 0 Å². The van der Waals surface area contributed by atoms with Crippen LogP contribution in [0.4, 0.5) is 17.3 Å². The molecule has 0 atom stereocenters. The Hall–Kier alpha value is -2.02. The fraction of sp³-hybridized carbons (Fsp3) is 0.286. The lowest BCUT2D eigenvalue weighted by Crippen LogP contribution is -2.05. The highest BCUT2D eigenvalue weighted by Gasteiger charge is 2.12. The number of benzene rings is 1. The number of nitrogens with one attached hydrogen (secondary N) is 2. The quantitative estimate of drug-likeness (QED) is 0.829. The van der Waals surface area contributed by atoms with Gasteiger partial charge in [0.2, 0.25) is 5.75 Å². The summed E-state index contributed by atoms with van der Waals surface area (Å²) in [7, 11) is 3.21. The molecule has 0 amide bonds. The van der Waals surface area contributed by atoms with Gasteiger partial charge < -0.3 is 20.1 Å². The van der Waals surface area contributed by atoms with Gasteiger partial charge in [0.15, 0.2) is 11.6 Å². The topological polar surface area (TPSA) is 68.3 Å². The van der Waals surface area contributed by atoms with Crippen LogP contribution >= 0.6 is 15.9 Å². The molecule has 7 heteroatoms. The predicted octanol–water partition coefficient (Wildman–Crippen LogP) is 3.43. The van der Waals surface area contributed by atoms with E-state index in [-0.39, 0.29) is 0 Å². The summed E-state index contributed by atoms with van der Waals surface area (Å²) in [5.74, 6) is 2.55. The fourth-order valence-corrected chi connectivity index (χ4v) is 2.23. The fourth-order valence-electron chi connectivity index (χ4n) is 1.82. The van der Waals surface area contributed by atoms with Gasteiger partial charge >= 0.3 is 0 Å². The number of hydrogen-bond acceptors (Lipinski definition) is 6. The minimum Gasteiger partial charge on any atom is -0.495 e. The van der Waals surface area contributed by atoms with Gasteiger partial charge in [-0.15, -0.1) is 0 Å². The Morgan fingerprint density at radius 2 is 1.90 bits per heavy atom. The smallest absolute Gasteiger partial charge is 0.204 e. The second-order valence-electron chi connectivity index (χ2n) is 4.11. The first-order chi connectivity index (χ1) is 10.2. The molecule has 0 aliphatic rings. The maximum Gasteiger partial charge on any atom is 0.204 e. The lowest BCUT2D eigenvalue weighted by atomic mass is 10.3. The SMILES string of the molecule is CCNc1ncnc(Nc2ccc(Br)c(OC)c2)c1OC. The normalized spacial score (nSPS) is 10.1. The van der Waals surface area contributed by atoms with Crippen LogP contribution in [-0.4, -0.2) is 30.7 Å². The highest BCUT2D eigenvalue weighted by Crippen LogP contribution is 2.33. The highest BCUT2D eigenvalue weighted by molar-refractivity contribution is 9.10. The second-order valence-corrected chi connectivity index (χ2v) is 4.96. The van der Waals surface area contributed by atoms with E-state index in [0.29, 0.717) is 17.4 Å². The lowest BCUT2D eigenvalue weighted by molar-refractivity contribution is 0.412. The molecule has 1 heterocycles. The van der Waals surface area contributed by atoms with Crippen molar-refractivity contribution < 1.29 is 9.47 Å². The van der Waals surface area contributed by atoms with Crippen molar-refractivity contribution in [3.63, 3.8) is 0 Å². The third kappa shape index (κ3) is 3.55. The molecule has 2 N–H and O–H groups in total. The van der Waals surface area contributed by atoms with Gasteiger partial charge in [-0.3, -0.25) is 0 Å². The molecule has 0 saturated carbocycles. The molecule has 0 unspecified atom stereocenters. The first kappa shape index (κ1) is 15.4. The van der Waals surface area contributed by atoms with E-state index in [2.05, 4.69) is 36.5 Å². The zero-order valence-electron chi connectivity index (χ0n) is 12.1. The van der Waals surface area contributed by atoms with E-state index in [9.17, 15) is 0 Å². The van der Waals surface area contributed by atoms with Crippen LogP contribution in [0.25, 0.3) is 0 Å². The predicted molar refractivity (Wildman–Crippen MR) is 86.7 cm³/mol. The van der Waals surface area contributed by atoms with E-state index in [1.54, 1.807) is 14.2 Å². The van der Waals surface area contributed by atoms with Crippen molar-refractivity contribution in [2.75, 3.05) is 31.4 Å². The van der Waals surface area contributed by atoms with Gasteiger partial charge in [0.1, 0.15) is 12.1 Å². The summed E-state index contributed by atoms with van der Waals surface area (Å²) < 4.78 is 11.6. The first-order valence-electron chi connectivity index (χ1n) is 6.43. The van der Waals surface area contributed by atoms with Crippen molar-refractivity contribution in [3.8, 4) is 11.5 Å². The number of hydrogen-bond donors (Lipinski definition) is 2. The van der Waals surface area contributed by atoms with Crippen molar-refractivity contribution in [3.05, 3.63) is 29.0 Å². The molecule has 0 radical (unpaired) electrons. The van der Waals surface area contributed by atoms with Gasteiger partial charge in [-0.25, -0.2) is 9.97 Å². The number of nitrogens with zero attached hydrogens (tertiary/aromatic N) is 2. The number of ether oxygens (including phenoxy) is 2. The molecule has 6 nitrogen and oxygen atoms in total. The zero-order chi connectivity index (χ0) is 15.2. The van der Waals surface area contributed by atoms with Gasteiger partial charge in [-0.05, 0) is 35.0 Å². The highest BCUT2D eigenvalue weighted by atomic mass is 79.9. The third-order valence-electron chi connectivity index (χ3n) is 2.77. The standard InChI is InChI=1S/C14H17BrN4O2/c1-4-16-13-12(21-3)14(18-8-17-13)19-9-5-6-10(15)11(7-9)20-2/h5-8H,4H2,1-3H3,(H2,16,17,18,19). The van der Waals surface area contributed by atoms with E-state index in [1.807, 2.05) is 25.1 Å². The maximum atomic E-state index is 5.39. The monoisotopic (exact) mass is 352 g/mol. The summed E-state index contributed by atoms with van der Waals surface area (Å²) in [6.07, 6.45) is 1.49. The van der Waals surface area contributed by atoms with E-state index >= 15 is 0 Å². The van der Waals surface area contributed by atoms with Crippen molar-refractivity contribution >= 4 is 33.3 Å². The van der Waals surface area contributed by atoms with Crippen LogP contribution in [0.2, 0.25) is 0 Å². The van der Waals surface area contributed by atoms with Crippen molar-refractivity contribution in [1.29, 1.82) is 0 Å². The number of methoxy groups -OCH3 is 2. The van der Waals surface area contributed by atoms with Crippen LogP contribution in [0.3, 0.4) is 0 Å². The zero-order valence-corrected chi connectivity index (χ0v) is 13.7. The molecule has 2 aromatic rings. The van der Waals surface area contributed by atoms with Gasteiger partial charge in [0, 0.05) is 18.3 Å². The molecule has 21 heavy (non-hydrogen) atoms. The summed E-state index contributed by atoms with van der Waals surface area (Å²) >= 11 is 3.42. The summed E-state index contributed by atoms with van der Waals surface area (Å²) in [5.41, 5.74) is 0.842. The molecule has 0 bridgehead atoms. The molecule has 2 rings (SSSR count). The molecule has 0 aliphatic carbocycles. The first-order valence-corrected chi connectivity index (χ1v) is 7.22. The molecule has 112 valence electrons. The average molecular weight is 353 g/mol. The molecule has 0 saturated heterocycles. The van der Waals surface area contributed by atoms with Gasteiger partial charge in [-0.2, -0.15) is 0 Å². The minimum atomic E-state index is 0.571. The Kier molecular flexibility index (Phi) is 5.21. The molecule has 1 aromatic carbocycles. The second kappa shape index (κ2) is 7.12. The van der Waals surface area contributed by atoms with Crippen LogP contribution in [0.1, 0.15) is 6.92 Å². The molecule has 0 fully saturated rings. The van der Waals surface area contributed by atoms with Crippen LogP contribution in [0.5, 0.6) is 11.5 Å². The van der Waals surface area contributed by atoms with E-state index in [4.69, 9.17) is 9.47 Å². The average Bonchev–Trinajstić information content (AvgIpc) is 2.50. The van der Waals surface area contributed by atoms with Crippen molar-refractivity contribution in [2.45, 2.75) is 6.92 Å². The van der Waals surface area contributed by atoms with E-state index in [1.165, 1.54) is 6.33 Å². The Balaban J connectivity index is 2.32. The van der Waals surface area contributed by atoms with E-state index in [0.717, 1.165) is 22.5 Å². The molecule has 0 spiro atoms. The van der Waals surface area contributed by atoms with Crippen molar-refractivity contribution in [1.82, 2.24) is 9.97 Å². The molecular weight excluding hydrogens is 336 g/mol. The number of halogens is 1. The Morgan fingerprint density at radius 3 is 2.57 bits per heavy atom. The van der Waals surface area contributed by atoms with Crippen LogP contribution in [0, 0.1) is 0 Å². The van der Waals surface area contributed by atoms with Gasteiger partial charge in [-0.1, -0.05) is 0 Å². The summed E-state index contributed by atoms with van der Waals surface area (Å²) in [6, 6.07) is 5.69. The largest absolute Gasteiger partial charge is 0.495 e. The lowest BCUT2D eigenvalue weighted by Gasteiger charge is -2.14. The molecule has 0 aliphatic heterocycles. The minimum absolute atomic E-state index is 0.571. The number of anilines is 3. The Bertz CT molecular complexity index is 622. The van der Waals surface area contributed by atoms with Crippen LogP contribution in [0.15, 0.2) is 29.0 Å².